The molecule has 7 heteroatoms. The van der Waals surface area contributed by atoms with E-state index < -0.39 is 16.1 Å². The average Bonchev–Trinajstić information content (AvgIpc) is 2.54. The van der Waals surface area contributed by atoms with Gasteiger partial charge in [-0.25, -0.2) is 8.42 Å². The minimum absolute atomic E-state index is 0.0592. The fourth-order valence-corrected chi connectivity index (χ4v) is 3.36. The zero-order chi connectivity index (χ0) is 17.0. The third-order valence-corrected chi connectivity index (χ3v) is 5.11. The lowest BCUT2D eigenvalue weighted by Crippen LogP contribution is -2.45. The molecule has 1 unspecified atom stereocenters. The molecule has 0 saturated carbocycles. The SMILES string of the molecule is CC(NS(=O)(=O)c1ccc(Cl)cc1)C(=O)N(C)c1ccccc1. The van der Waals surface area contributed by atoms with E-state index in [1.54, 1.807) is 19.2 Å². The molecule has 1 atom stereocenters. The minimum Gasteiger partial charge on any atom is -0.314 e. The van der Waals surface area contributed by atoms with E-state index in [0.717, 1.165) is 0 Å². The van der Waals surface area contributed by atoms with Crippen LogP contribution in [-0.4, -0.2) is 27.4 Å². The monoisotopic (exact) mass is 352 g/mol. The summed E-state index contributed by atoms with van der Waals surface area (Å²) in [5, 5.41) is 0.442. The Bertz CT molecular complexity index is 777. The number of halogens is 1. The molecule has 0 spiro atoms. The predicted octanol–water partition coefficient (Wildman–Crippen LogP) is 2.67. The van der Waals surface area contributed by atoms with Crippen LogP contribution in [0.2, 0.25) is 5.02 Å². The highest BCUT2D eigenvalue weighted by molar-refractivity contribution is 7.89. The molecule has 0 radical (unpaired) electrons. The van der Waals surface area contributed by atoms with E-state index in [-0.39, 0.29) is 10.8 Å². The maximum absolute atomic E-state index is 12.4. The van der Waals surface area contributed by atoms with Gasteiger partial charge in [-0.3, -0.25) is 4.79 Å². The molecular weight excluding hydrogens is 336 g/mol. The molecule has 0 saturated heterocycles. The van der Waals surface area contributed by atoms with Crippen LogP contribution < -0.4 is 9.62 Å². The van der Waals surface area contributed by atoms with E-state index in [2.05, 4.69) is 4.72 Å². The largest absolute Gasteiger partial charge is 0.314 e. The Morgan fingerprint density at radius 2 is 1.65 bits per heavy atom. The lowest BCUT2D eigenvalue weighted by atomic mass is 10.2. The molecule has 5 nitrogen and oxygen atoms in total. The molecule has 0 bridgehead atoms. The summed E-state index contributed by atoms with van der Waals surface area (Å²) in [7, 11) is -2.19. The van der Waals surface area contributed by atoms with E-state index in [0.29, 0.717) is 10.7 Å². The quantitative estimate of drug-likeness (QED) is 0.899. The van der Waals surface area contributed by atoms with Crippen molar-refractivity contribution in [3.63, 3.8) is 0 Å². The summed E-state index contributed by atoms with van der Waals surface area (Å²) in [5.74, 6) is -0.353. The van der Waals surface area contributed by atoms with Gasteiger partial charge in [-0.1, -0.05) is 29.8 Å². The van der Waals surface area contributed by atoms with Crippen LogP contribution >= 0.6 is 11.6 Å². The second kappa shape index (κ2) is 7.12. The molecule has 23 heavy (non-hydrogen) atoms. The summed E-state index contributed by atoms with van der Waals surface area (Å²) in [6.45, 7) is 1.51. The molecule has 0 aromatic heterocycles. The number of rotatable bonds is 5. The van der Waals surface area contributed by atoms with E-state index in [4.69, 9.17) is 11.6 Å². The molecule has 0 heterocycles. The van der Waals surface area contributed by atoms with Crippen molar-refractivity contribution in [2.75, 3.05) is 11.9 Å². The second-order valence-corrected chi connectivity index (χ2v) is 7.18. The number of anilines is 1. The van der Waals surface area contributed by atoms with Crippen LogP contribution in [0.15, 0.2) is 59.5 Å². The van der Waals surface area contributed by atoms with Crippen molar-refractivity contribution in [2.45, 2.75) is 17.9 Å². The molecule has 0 fully saturated rings. The highest BCUT2D eigenvalue weighted by atomic mass is 35.5. The average molecular weight is 353 g/mol. The first kappa shape index (κ1) is 17.5. The van der Waals surface area contributed by atoms with Gasteiger partial charge in [0.1, 0.15) is 0 Å². The Morgan fingerprint density at radius 1 is 1.09 bits per heavy atom. The summed E-state index contributed by atoms with van der Waals surface area (Å²) < 4.78 is 27.0. The molecule has 0 aliphatic heterocycles. The number of para-hydroxylation sites is 1. The number of likely N-dealkylation sites (N-methyl/N-ethyl adjacent to an activating group) is 1. The number of carbonyl (C=O) groups excluding carboxylic acids is 1. The van der Waals surface area contributed by atoms with Crippen molar-refractivity contribution in [1.82, 2.24) is 4.72 Å². The van der Waals surface area contributed by atoms with Gasteiger partial charge in [-0.15, -0.1) is 0 Å². The number of hydrogen-bond acceptors (Lipinski definition) is 3. The maximum Gasteiger partial charge on any atom is 0.244 e. The highest BCUT2D eigenvalue weighted by Crippen LogP contribution is 2.16. The Labute approximate surface area is 140 Å². The molecule has 1 amide bonds. The van der Waals surface area contributed by atoms with Gasteiger partial charge < -0.3 is 4.90 Å². The standard InChI is InChI=1S/C16H17ClN2O3S/c1-12(16(20)19(2)14-6-4-3-5-7-14)18-23(21,22)15-10-8-13(17)9-11-15/h3-12,18H,1-2H3. The maximum atomic E-state index is 12.4. The molecular formula is C16H17ClN2O3S. The molecule has 2 aromatic carbocycles. The third-order valence-electron chi connectivity index (χ3n) is 3.30. The van der Waals surface area contributed by atoms with E-state index in [9.17, 15) is 13.2 Å². The van der Waals surface area contributed by atoms with Crippen molar-refractivity contribution in [3.8, 4) is 0 Å². The smallest absolute Gasteiger partial charge is 0.244 e. The zero-order valence-corrected chi connectivity index (χ0v) is 14.3. The highest BCUT2D eigenvalue weighted by Gasteiger charge is 2.24. The summed E-state index contributed by atoms with van der Waals surface area (Å²) >= 11 is 5.75. The van der Waals surface area contributed by atoms with Gasteiger partial charge in [0.15, 0.2) is 0 Å². The molecule has 2 rings (SSSR count). The van der Waals surface area contributed by atoms with Crippen molar-refractivity contribution in [2.24, 2.45) is 0 Å². The normalized spacial score (nSPS) is 12.7. The van der Waals surface area contributed by atoms with Gasteiger partial charge in [0.05, 0.1) is 10.9 Å². The second-order valence-electron chi connectivity index (χ2n) is 5.03. The predicted molar refractivity (Wildman–Crippen MR) is 91.1 cm³/mol. The summed E-state index contributed by atoms with van der Waals surface area (Å²) in [4.78, 5) is 13.9. The lowest BCUT2D eigenvalue weighted by molar-refractivity contribution is -0.119. The Kier molecular flexibility index (Phi) is 5.41. The summed E-state index contributed by atoms with van der Waals surface area (Å²) in [5.41, 5.74) is 0.690. The Balaban J connectivity index is 2.13. The molecule has 0 aliphatic carbocycles. The van der Waals surface area contributed by atoms with Crippen molar-refractivity contribution in [1.29, 1.82) is 0 Å². The number of sulfonamides is 1. The fraction of sp³-hybridized carbons (Fsp3) is 0.188. The summed E-state index contributed by atoms with van der Waals surface area (Å²) in [6, 6.07) is 13.9. The van der Waals surface area contributed by atoms with Crippen LogP contribution in [0.5, 0.6) is 0 Å². The number of amides is 1. The van der Waals surface area contributed by atoms with Gasteiger partial charge >= 0.3 is 0 Å². The van der Waals surface area contributed by atoms with Gasteiger partial charge in [0.25, 0.3) is 0 Å². The van der Waals surface area contributed by atoms with E-state index >= 15 is 0 Å². The molecule has 0 aliphatic rings. The molecule has 2 aromatic rings. The Hall–Kier alpha value is -1.89. The first-order chi connectivity index (χ1) is 10.8. The number of carbonyl (C=O) groups is 1. The van der Waals surface area contributed by atoms with E-state index in [1.165, 1.54) is 36.1 Å². The fourth-order valence-electron chi connectivity index (χ4n) is 2.03. The zero-order valence-electron chi connectivity index (χ0n) is 12.7. The van der Waals surface area contributed by atoms with Crippen LogP contribution in [0.25, 0.3) is 0 Å². The molecule has 122 valence electrons. The first-order valence-electron chi connectivity index (χ1n) is 6.92. The van der Waals surface area contributed by atoms with Crippen molar-refractivity contribution >= 4 is 33.2 Å². The van der Waals surface area contributed by atoms with Crippen LogP contribution in [0, 0.1) is 0 Å². The van der Waals surface area contributed by atoms with Gasteiger partial charge in [0, 0.05) is 17.8 Å². The topological polar surface area (TPSA) is 66.5 Å². The number of nitrogens with zero attached hydrogens (tertiary/aromatic N) is 1. The van der Waals surface area contributed by atoms with Gasteiger partial charge in [-0.2, -0.15) is 4.72 Å². The first-order valence-corrected chi connectivity index (χ1v) is 8.78. The number of hydrogen-bond donors (Lipinski definition) is 1. The van der Waals surface area contributed by atoms with Gasteiger partial charge in [-0.05, 0) is 43.3 Å². The third kappa shape index (κ3) is 4.31. The van der Waals surface area contributed by atoms with Crippen LogP contribution in [0.3, 0.4) is 0 Å². The number of nitrogens with one attached hydrogen (secondary N) is 1. The lowest BCUT2D eigenvalue weighted by Gasteiger charge is -2.22. The molecule has 1 N–H and O–H groups in total. The van der Waals surface area contributed by atoms with Gasteiger partial charge in [0.2, 0.25) is 15.9 Å². The van der Waals surface area contributed by atoms with Crippen LogP contribution in [-0.2, 0) is 14.8 Å². The van der Waals surface area contributed by atoms with Crippen LogP contribution in [0.1, 0.15) is 6.92 Å². The number of benzene rings is 2. The minimum atomic E-state index is -3.79. The summed E-state index contributed by atoms with van der Waals surface area (Å²) in [6.07, 6.45) is 0. The van der Waals surface area contributed by atoms with Crippen LogP contribution in [0.4, 0.5) is 5.69 Å². The Morgan fingerprint density at radius 3 is 2.22 bits per heavy atom. The van der Waals surface area contributed by atoms with E-state index in [1.807, 2.05) is 18.2 Å². The van der Waals surface area contributed by atoms with Crippen molar-refractivity contribution < 1.29 is 13.2 Å². The van der Waals surface area contributed by atoms with Crippen molar-refractivity contribution in [3.05, 3.63) is 59.6 Å².